The van der Waals surface area contributed by atoms with Crippen LogP contribution < -0.4 is 17.0 Å². The van der Waals surface area contributed by atoms with E-state index in [-0.39, 0.29) is 12.3 Å². The maximum absolute atomic E-state index is 10.4. The number of carbonyl (C=O) groups is 1. The van der Waals surface area contributed by atoms with Gasteiger partial charge in [-0.15, -0.1) is 0 Å². The van der Waals surface area contributed by atoms with Crippen molar-refractivity contribution in [1.29, 1.82) is 0 Å². The first-order chi connectivity index (χ1) is 4.81. The Morgan fingerprint density at radius 3 is 2.70 bits per heavy atom. The van der Waals surface area contributed by atoms with Crippen LogP contribution >= 0.6 is 0 Å². The number of hydrogen-bond donors (Lipinski definition) is 3. The third-order valence-corrected chi connectivity index (χ3v) is 0.897. The van der Waals surface area contributed by atoms with Gasteiger partial charge in [-0.05, 0) is 0 Å². The largest absolute Gasteiger partial charge is 0.380 e. The summed E-state index contributed by atoms with van der Waals surface area (Å²) in [6.45, 7) is 1.34. The molecule has 0 aliphatic carbocycles. The molecule has 0 aliphatic heterocycles. The van der Waals surface area contributed by atoms with Crippen LogP contribution in [0.1, 0.15) is 6.42 Å². The summed E-state index contributed by atoms with van der Waals surface area (Å²) in [5.74, 6) is 4.58. The van der Waals surface area contributed by atoms with Gasteiger partial charge in [-0.3, -0.25) is 10.2 Å². The number of nitrogens with one attached hydrogen (secondary N) is 1. The van der Waals surface area contributed by atoms with E-state index >= 15 is 0 Å². The van der Waals surface area contributed by atoms with Crippen molar-refractivity contribution in [2.24, 2.45) is 11.6 Å². The van der Waals surface area contributed by atoms with E-state index in [2.05, 4.69) is 0 Å². The van der Waals surface area contributed by atoms with Gasteiger partial charge in [0.25, 0.3) is 0 Å². The molecule has 5 nitrogen and oxygen atoms in total. The predicted molar refractivity (Wildman–Crippen MR) is 36.8 cm³/mol. The molecule has 5 N–H and O–H groups in total. The molecule has 0 spiro atoms. The lowest BCUT2D eigenvalue weighted by molar-refractivity contribution is -0.122. The van der Waals surface area contributed by atoms with Crippen LogP contribution in [0.2, 0.25) is 0 Å². The molecule has 0 saturated heterocycles. The quantitative estimate of drug-likeness (QED) is 0.188. The maximum Gasteiger partial charge on any atom is 0.236 e. The van der Waals surface area contributed by atoms with Gasteiger partial charge in [0.2, 0.25) is 5.91 Å². The molecule has 0 unspecified atom stereocenters. The molecular formula is C5H13N3O2. The highest BCUT2D eigenvalue weighted by Gasteiger charge is 1.95. The molecule has 60 valence electrons. The summed E-state index contributed by atoms with van der Waals surface area (Å²) in [5.41, 5.74) is 7.12. The zero-order chi connectivity index (χ0) is 7.82. The summed E-state index contributed by atoms with van der Waals surface area (Å²) in [4.78, 5) is 10.4. The lowest BCUT2D eigenvalue weighted by atomic mass is 10.4. The number of nitrogens with two attached hydrogens (primary N) is 2. The summed E-state index contributed by atoms with van der Waals surface area (Å²) in [7, 11) is 0. The van der Waals surface area contributed by atoms with Crippen LogP contribution in [0.15, 0.2) is 0 Å². The van der Waals surface area contributed by atoms with Gasteiger partial charge in [-0.25, -0.2) is 5.84 Å². The molecule has 0 bridgehead atoms. The normalized spacial score (nSPS) is 9.40. The molecule has 0 aromatic rings. The summed E-state index contributed by atoms with van der Waals surface area (Å²) >= 11 is 0. The Morgan fingerprint density at radius 2 is 2.20 bits per heavy atom. The first-order valence-electron chi connectivity index (χ1n) is 3.08. The highest BCUT2D eigenvalue weighted by molar-refractivity contribution is 5.75. The molecule has 5 heteroatoms. The molecule has 0 saturated carbocycles. The third-order valence-electron chi connectivity index (χ3n) is 0.897. The van der Waals surface area contributed by atoms with Crippen molar-refractivity contribution in [3.63, 3.8) is 0 Å². The smallest absolute Gasteiger partial charge is 0.236 e. The van der Waals surface area contributed by atoms with Crippen LogP contribution in [0, 0.1) is 0 Å². The SMILES string of the molecule is NCCOCCC(=O)NN. The molecule has 10 heavy (non-hydrogen) atoms. The van der Waals surface area contributed by atoms with Crippen molar-refractivity contribution in [1.82, 2.24) is 5.43 Å². The summed E-state index contributed by atoms with van der Waals surface area (Å²) in [5, 5.41) is 0. The first kappa shape index (κ1) is 9.35. The van der Waals surface area contributed by atoms with Gasteiger partial charge in [0.15, 0.2) is 0 Å². The second-order valence-electron chi connectivity index (χ2n) is 1.72. The lowest BCUT2D eigenvalue weighted by Crippen LogP contribution is -2.30. The van der Waals surface area contributed by atoms with Crippen LogP contribution in [0.3, 0.4) is 0 Å². The topological polar surface area (TPSA) is 90.4 Å². The minimum Gasteiger partial charge on any atom is -0.380 e. The number of ether oxygens (including phenoxy) is 1. The zero-order valence-corrected chi connectivity index (χ0v) is 5.80. The Labute approximate surface area is 59.7 Å². The van der Waals surface area contributed by atoms with Crippen LogP contribution in [0.4, 0.5) is 0 Å². The van der Waals surface area contributed by atoms with E-state index in [1.807, 2.05) is 5.43 Å². The fourth-order valence-electron chi connectivity index (χ4n) is 0.422. The highest BCUT2D eigenvalue weighted by Crippen LogP contribution is 1.79. The van der Waals surface area contributed by atoms with Crippen LogP contribution in [0.5, 0.6) is 0 Å². The van der Waals surface area contributed by atoms with Gasteiger partial charge < -0.3 is 10.5 Å². The van der Waals surface area contributed by atoms with Crippen LogP contribution in [-0.4, -0.2) is 25.7 Å². The second kappa shape index (κ2) is 6.47. The Kier molecular flexibility index (Phi) is 6.05. The average molecular weight is 147 g/mol. The number of hydrogen-bond acceptors (Lipinski definition) is 4. The van der Waals surface area contributed by atoms with E-state index in [0.29, 0.717) is 19.8 Å². The zero-order valence-electron chi connectivity index (χ0n) is 5.80. The molecule has 0 atom stereocenters. The third kappa shape index (κ3) is 5.49. The Morgan fingerprint density at radius 1 is 1.50 bits per heavy atom. The van der Waals surface area contributed by atoms with Gasteiger partial charge in [0, 0.05) is 6.54 Å². The standard InChI is InChI=1S/C5H13N3O2/c6-2-4-10-3-1-5(9)8-7/h1-4,6-7H2,(H,8,9). The van der Waals surface area contributed by atoms with Gasteiger partial charge >= 0.3 is 0 Å². The van der Waals surface area contributed by atoms with Gasteiger partial charge in [0.1, 0.15) is 0 Å². The van der Waals surface area contributed by atoms with Crippen molar-refractivity contribution < 1.29 is 9.53 Å². The van der Waals surface area contributed by atoms with E-state index in [1.54, 1.807) is 0 Å². The van der Waals surface area contributed by atoms with E-state index < -0.39 is 0 Å². The van der Waals surface area contributed by atoms with Crippen molar-refractivity contribution in [2.45, 2.75) is 6.42 Å². The Balaban J connectivity index is 2.96. The van der Waals surface area contributed by atoms with Crippen molar-refractivity contribution in [2.75, 3.05) is 19.8 Å². The monoisotopic (exact) mass is 147 g/mol. The molecule has 0 heterocycles. The second-order valence-corrected chi connectivity index (χ2v) is 1.72. The van der Waals surface area contributed by atoms with E-state index in [9.17, 15) is 4.79 Å². The highest BCUT2D eigenvalue weighted by atomic mass is 16.5. The average Bonchev–Trinajstić information content (AvgIpc) is 1.98. The van der Waals surface area contributed by atoms with Crippen molar-refractivity contribution in [3.05, 3.63) is 0 Å². The Bertz CT molecular complexity index is 96.9. The fraction of sp³-hybridized carbons (Fsp3) is 0.800. The maximum atomic E-state index is 10.4. The molecule has 0 rings (SSSR count). The molecule has 0 aromatic heterocycles. The summed E-state index contributed by atoms with van der Waals surface area (Å²) in [6.07, 6.45) is 0.288. The minimum atomic E-state index is -0.225. The molecule has 0 radical (unpaired) electrons. The van der Waals surface area contributed by atoms with E-state index in [0.717, 1.165) is 0 Å². The van der Waals surface area contributed by atoms with E-state index in [4.69, 9.17) is 16.3 Å². The predicted octanol–water partition coefficient (Wildman–Crippen LogP) is -1.66. The van der Waals surface area contributed by atoms with Crippen LogP contribution in [0.25, 0.3) is 0 Å². The lowest BCUT2D eigenvalue weighted by Gasteiger charge is -2.00. The number of rotatable bonds is 5. The van der Waals surface area contributed by atoms with Gasteiger partial charge in [-0.1, -0.05) is 0 Å². The van der Waals surface area contributed by atoms with Gasteiger partial charge in [0.05, 0.1) is 19.6 Å². The number of carbonyl (C=O) groups excluding carboxylic acids is 1. The Hall–Kier alpha value is -0.650. The summed E-state index contributed by atoms with van der Waals surface area (Å²) in [6, 6.07) is 0. The molecule has 0 aliphatic rings. The number of hydrazine groups is 1. The van der Waals surface area contributed by atoms with Crippen molar-refractivity contribution in [3.8, 4) is 0 Å². The molecule has 1 amide bonds. The summed E-state index contributed by atoms with van der Waals surface area (Å²) < 4.78 is 4.91. The van der Waals surface area contributed by atoms with E-state index in [1.165, 1.54) is 0 Å². The molecular weight excluding hydrogens is 134 g/mol. The minimum absolute atomic E-state index is 0.225. The first-order valence-corrected chi connectivity index (χ1v) is 3.08. The number of amides is 1. The van der Waals surface area contributed by atoms with Crippen molar-refractivity contribution >= 4 is 5.91 Å². The van der Waals surface area contributed by atoms with Crippen LogP contribution in [-0.2, 0) is 9.53 Å². The van der Waals surface area contributed by atoms with Gasteiger partial charge in [-0.2, -0.15) is 0 Å². The molecule has 0 aromatic carbocycles. The molecule has 0 fully saturated rings. The fourth-order valence-corrected chi connectivity index (χ4v) is 0.422.